The Bertz CT molecular complexity index is 1040. The van der Waals surface area contributed by atoms with Crippen molar-refractivity contribution in [1.29, 1.82) is 0 Å². The highest BCUT2D eigenvalue weighted by molar-refractivity contribution is 5.80. The van der Waals surface area contributed by atoms with Crippen molar-refractivity contribution in [3.8, 4) is 0 Å². The van der Waals surface area contributed by atoms with Crippen LogP contribution in [0.1, 0.15) is 42.9 Å². The third-order valence-corrected chi connectivity index (χ3v) is 5.83. The molecule has 0 saturated carbocycles. The molecule has 0 aliphatic heterocycles. The molecular weight excluding hydrogens is 454 g/mol. The number of unbranched alkanes of at least 4 members (excludes halogenated alkanes) is 1. The molecule has 0 bridgehead atoms. The van der Waals surface area contributed by atoms with E-state index in [9.17, 15) is 8.78 Å². The van der Waals surface area contributed by atoms with Crippen LogP contribution in [0.15, 0.2) is 89.5 Å². The second kappa shape index (κ2) is 15.6. The van der Waals surface area contributed by atoms with E-state index in [4.69, 9.17) is 0 Å². The van der Waals surface area contributed by atoms with Gasteiger partial charge in [0, 0.05) is 63.0 Å². The molecule has 0 aromatic heterocycles. The quantitative estimate of drug-likeness (QED) is 0.121. The maximum atomic E-state index is 14.7. The SMILES string of the molecule is C=CCCCC(C=NC=C)=CC(=C(NC)NCc1c(F)ccc(C)c1C)/C(=C/N(C)C)C(=C)C(C)F. The molecule has 0 spiro atoms. The number of benzene rings is 1. The molecule has 1 aromatic rings. The van der Waals surface area contributed by atoms with Crippen LogP contribution in [0.2, 0.25) is 0 Å². The first kappa shape index (κ1) is 30.6. The Hall–Kier alpha value is -3.41. The van der Waals surface area contributed by atoms with Crippen molar-refractivity contribution in [2.45, 2.75) is 52.8 Å². The number of rotatable bonds is 15. The Morgan fingerprint density at radius 1 is 1.22 bits per heavy atom. The van der Waals surface area contributed by atoms with E-state index in [1.165, 1.54) is 19.2 Å². The lowest BCUT2D eigenvalue weighted by molar-refractivity contribution is 0.414. The van der Waals surface area contributed by atoms with Gasteiger partial charge in [0.1, 0.15) is 17.8 Å². The van der Waals surface area contributed by atoms with Crippen LogP contribution in [-0.2, 0) is 6.54 Å². The summed E-state index contributed by atoms with van der Waals surface area (Å²) in [5, 5.41) is 6.55. The Morgan fingerprint density at radius 2 is 1.92 bits per heavy atom. The molecular formula is C30H42F2N4. The molecule has 2 N–H and O–H groups in total. The summed E-state index contributed by atoms with van der Waals surface area (Å²) in [5.74, 6) is 0.352. The van der Waals surface area contributed by atoms with Gasteiger partial charge in [0.25, 0.3) is 0 Å². The van der Waals surface area contributed by atoms with Crippen molar-refractivity contribution in [1.82, 2.24) is 15.5 Å². The minimum Gasteiger partial charge on any atom is -0.383 e. The number of aliphatic imine (C=N–C) groups is 1. The molecule has 6 heteroatoms. The summed E-state index contributed by atoms with van der Waals surface area (Å²) in [6, 6.07) is 3.26. The molecule has 1 atom stereocenters. The molecule has 0 aliphatic carbocycles. The first-order valence-corrected chi connectivity index (χ1v) is 12.1. The number of alkyl halides is 1. The number of nitrogens with one attached hydrogen (secondary N) is 2. The average Bonchev–Trinajstić information content (AvgIpc) is 2.83. The van der Waals surface area contributed by atoms with Gasteiger partial charge in [0.05, 0.1) is 0 Å². The van der Waals surface area contributed by atoms with E-state index in [0.717, 1.165) is 36.0 Å². The highest BCUT2D eigenvalue weighted by Gasteiger charge is 2.19. The van der Waals surface area contributed by atoms with Gasteiger partial charge < -0.3 is 15.5 Å². The van der Waals surface area contributed by atoms with Crippen LogP contribution >= 0.6 is 0 Å². The fraction of sp³-hybridized carbons (Fsp3) is 0.367. The first-order valence-electron chi connectivity index (χ1n) is 12.1. The third kappa shape index (κ3) is 9.33. The lowest BCUT2D eigenvalue weighted by Crippen LogP contribution is -2.27. The summed E-state index contributed by atoms with van der Waals surface area (Å²) in [4.78, 5) is 6.07. The minimum atomic E-state index is -1.26. The topological polar surface area (TPSA) is 39.7 Å². The normalized spacial score (nSPS) is 13.8. The smallest absolute Gasteiger partial charge is 0.128 e. The molecule has 0 heterocycles. The zero-order valence-corrected chi connectivity index (χ0v) is 22.7. The summed E-state index contributed by atoms with van der Waals surface area (Å²) in [6.07, 6.45) is 10.1. The molecule has 36 heavy (non-hydrogen) atoms. The number of nitrogens with zero attached hydrogens (tertiary/aromatic N) is 2. The molecule has 0 radical (unpaired) electrons. The monoisotopic (exact) mass is 496 g/mol. The zero-order chi connectivity index (χ0) is 27.3. The Morgan fingerprint density at radius 3 is 2.47 bits per heavy atom. The Balaban J connectivity index is 3.77. The van der Waals surface area contributed by atoms with Crippen molar-refractivity contribution in [2.24, 2.45) is 4.99 Å². The van der Waals surface area contributed by atoms with Gasteiger partial charge in [0.2, 0.25) is 0 Å². The number of halogens is 2. The first-order chi connectivity index (χ1) is 17.1. The lowest BCUT2D eigenvalue weighted by atomic mass is 9.93. The fourth-order valence-electron chi connectivity index (χ4n) is 3.59. The second-order valence-corrected chi connectivity index (χ2v) is 8.87. The largest absolute Gasteiger partial charge is 0.383 e. The predicted octanol–water partition coefficient (Wildman–Crippen LogP) is 6.82. The van der Waals surface area contributed by atoms with Gasteiger partial charge in [0.15, 0.2) is 0 Å². The number of hydrogen-bond donors (Lipinski definition) is 2. The molecule has 1 aromatic carbocycles. The van der Waals surface area contributed by atoms with Gasteiger partial charge in [-0.15, -0.1) is 6.58 Å². The van der Waals surface area contributed by atoms with E-state index in [0.29, 0.717) is 28.1 Å². The van der Waals surface area contributed by atoms with Crippen molar-refractivity contribution in [3.05, 3.63) is 107 Å². The lowest BCUT2D eigenvalue weighted by Gasteiger charge is -2.22. The van der Waals surface area contributed by atoms with Gasteiger partial charge in [-0.3, -0.25) is 4.99 Å². The van der Waals surface area contributed by atoms with Crippen molar-refractivity contribution in [3.63, 3.8) is 0 Å². The third-order valence-electron chi connectivity index (χ3n) is 5.83. The molecule has 196 valence electrons. The van der Waals surface area contributed by atoms with Crippen molar-refractivity contribution < 1.29 is 8.78 Å². The van der Waals surface area contributed by atoms with Gasteiger partial charge in [-0.05, 0) is 74.4 Å². The minimum absolute atomic E-state index is 0.256. The van der Waals surface area contributed by atoms with E-state index in [-0.39, 0.29) is 12.4 Å². The van der Waals surface area contributed by atoms with Gasteiger partial charge in [-0.1, -0.05) is 25.3 Å². The van der Waals surface area contributed by atoms with Crippen LogP contribution in [0.25, 0.3) is 0 Å². The molecule has 0 fully saturated rings. The molecule has 0 saturated heterocycles. The molecule has 1 rings (SSSR count). The van der Waals surface area contributed by atoms with E-state index in [1.807, 2.05) is 51.2 Å². The van der Waals surface area contributed by atoms with Gasteiger partial charge in [-0.25, -0.2) is 8.78 Å². The van der Waals surface area contributed by atoms with Gasteiger partial charge >= 0.3 is 0 Å². The van der Waals surface area contributed by atoms with E-state index >= 15 is 0 Å². The number of aryl methyl sites for hydroxylation is 1. The molecule has 1 unspecified atom stereocenters. The zero-order valence-electron chi connectivity index (χ0n) is 22.7. The summed E-state index contributed by atoms with van der Waals surface area (Å²) in [5.41, 5.74) is 5.10. The fourth-order valence-corrected chi connectivity index (χ4v) is 3.59. The van der Waals surface area contributed by atoms with E-state index in [2.05, 4.69) is 35.4 Å². The van der Waals surface area contributed by atoms with Crippen LogP contribution in [0.5, 0.6) is 0 Å². The molecule has 4 nitrogen and oxygen atoms in total. The Labute approximate surface area is 216 Å². The van der Waals surface area contributed by atoms with Crippen molar-refractivity contribution in [2.75, 3.05) is 21.1 Å². The van der Waals surface area contributed by atoms with Crippen molar-refractivity contribution >= 4 is 6.21 Å². The second-order valence-electron chi connectivity index (χ2n) is 8.87. The maximum Gasteiger partial charge on any atom is 0.128 e. The molecule has 0 aliphatic rings. The van der Waals surface area contributed by atoms with E-state index in [1.54, 1.807) is 19.3 Å². The highest BCUT2D eigenvalue weighted by Crippen LogP contribution is 2.28. The highest BCUT2D eigenvalue weighted by atomic mass is 19.1. The van der Waals surface area contributed by atoms with Gasteiger partial charge in [-0.2, -0.15) is 0 Å². The summed E-state index contributed by atoms with van der Waals surface area (Å²) >= 11 is 0. The van der Waals surface area contributed by atoms with Crippen LogP contribution in [-0.4, -0.2) is 38.4 Å². The standard InChI is InChI=1S/C30H42F2N4/c1-10-12-13-14-25(18-34-11-2)17-26(28(20-36(8)9)23(5)24(6)31)30(33-7)35-19-27-22(4)21(3)15-16-29(27)32/h10-11,15-18,20,24,33,35H,1-2,5,12-14,19H2,3-4,6-9H3/b25-17?,28-20+,30-26?,34-18?. The summed E-state index contributed by atoms with van der Waals surface area (Å²) in [7, 11) is 5.53. The number of allylic oxidation sites excluding steroid dienone is 6. The summed E-state index contributed by atoms with van der Waals surface area (Å²) < 4.78 is 29.2. The Kier molecular flexibility index (Phi) is 13.2. The van der Waals surface area contributed by atoms with Crippen LogP contribution < -0.4 is 10.6 Å². The predicted molar refractivity (Wildman–Crippen MR) is 151 cm³/mol. The van der Waals surface area contributed by atoms with Crippen LogP contribution in [0.3, 0.4) is 0 Å². The maximum absolute atomic E-state index is 14.7. The summed E-state index contributed by atoms with van der Waals surface area (Å²) in [6.45, 7) is 17.1. The van der Waals surface area contributed by atoms with Crippen LogP contribution in [0.4, 0.5) is 8.78 Å². The van der Waals surface area contributed by atoms with Crippen LogP contribution in [0, 0.1) is 19.7 Å². The molecule has 0 amide bonds. The number of hydrogen-bond acceptors (Lipinski definition) is 4. The van der Waals surface area contributed by atoms with E-state index < -0.39 is 6.17 Å². The average molecular weight is 497 g/mol.